The fraction of sp³-hybridized carbons (Fsp3) is 0.222. The number of hydrogen-bond donors (Lipinski definition) is 2. The van der Waals surface area contributed by atoms with E-state index in [1.165, 1.54) is 0 Å². The Bertz CT molecular complexity index is 345. The minimum absolute atomic E-state index is 0.248. The van der Waals surface area contributed by atoms with Gasteiger partial charge in [-0.05, 0) is 19.1 Å². The van der Waals surface area contributed by atoms with Gasteiger partial charge in [0.1, 0.15) is 0 Å². The highest BCUT2D eigenvalue weighted by Gasteiger charge is 2.13. The zero-order chi connectivity index (χ0) is 10.7. The van der Waals surface area contributed by atoms with Gasteiger partial charge < -0.3 is 11.1 Å². The van der Waals surface area contributed by atoms with Crippen LogP contribution in [0.5, 0.6) is 0 Å². The molecule has 0 aliphatic heterocycles. The Morgan fingerprint density at radius 2 is 2.29 bits per heavy atom. The number of amides is 1. The summed E-state index contributed by atoms with van der Waals surface area (Å²) in [4.78, 5) is 11.5. The van der Waals surface area contributed by atoms with Gasteiger partial charge >= 0.3 is 0 Å². The van der Waals surface area contributed by atoms with Crippen molar-refractivity contribution in [2.24, 2.45) is 0 Å². The van der Waals surface area contributed by atoms with Gasteiger partial charge in [0.05, 0.1) is 10.6 Å². The lowest BCUT2D eigenvalue weighted by Gasteiger charge is -2.08. The molecule has 0 unspecified atom stereocenters. The number of benzene rings is 1. The number of nitrogen functional groups attached to an aromatic ring is 1. The quantitative estimate of drug-likeness (QED) is 0.816. The molecule has 3 N–H and O–H groups in total. The van der Waals surface area contributed by atoms with Gasteiger partial charge in [-0.3, -0.25) is 4.79 Å². The van der Waals surface area contributed by atoms with E-state index in [1.807, 2.05) is 6.92 Å². The van der Waals surface area contributed by atoms with Crippen LogP contribution >= 0.6 is 27.5 Å². The van der Waals surface area contributed by atoms with Crippen molar-refractivity contribution in [3.63, 3.8) is 0 Å². The standard InChI is InChI=1S/C9H10BrClN2O/c1-2-13-9(14)8-6(11)3-5(10)4-7(8)12/h3-4H,2,12H2,1H3,(H,13,14). The van der Waals surface area contributed by atoms with Crippen LogP contribution in [0.4, 0.5) is 5.69 Å². The largest absolute Gasteiger partial charge is 0.398 e. The number of nitrogens with one attached hydrogen (secondary N) is 1. The first-order chi connectivity index (χ1) is 6.56. The zero-order valence-electron chi connectivity index (χ0n) is 7.60. The molecule has 76 valence electrons. The Morgan fingerprint density at radius 1 is 1.64 bits per heavy atom. The molecule has 1 rings (SSSR count). The van der Waals surface area contributed by atoms with E-state index in [2.05, 4.69) is 21.2 Å². The molecule has 0 saturated heterocycles. The van der Waals surface area contributed by atoms with E-state index < -0.39 is 0 Å². The Hall–Kier alpha value is -0.740. The molecular weight excluding hydrogens is 267 g/mol. The molecule has 0 heterocycles. The van der Waals surface area contributed by atoms with E-state index in [0.717, 1.165) is 4.47 Å². The van der Waals surface area contributed by atoms with Gasteiger partial charge in [-0.15, -0.1) is 0 Å². The highest BCUT2D eigenvalue weighted by molar-refractivity contribution is 9.10. The van der Waals surface area contributed by atoms with Crippen LogP contribution in [0.1, 0.15) is 17.3 Å². The summed E-state index contributed by atoms with van der Waals surface area (Å²) in [6.45, 7) is 2.38. The molecule has 3 nitrogen and oxygen atoms in total. The van der Waals surface area contributed by atoms with E-state index in [1.54, 1.807) is 12.1 Å². The van der Waals surface area contributed by atoms with Gasteiger partial charge in [0.2, 0.25) is 0 Å². The summed E-state index contributed by atoms with van der Waals surface area (Å²) in [5.41, 5.74) is 6.38. The molecule has 0 atom stereocenters. The number of hydrogen-bond acceptors (Lipinski definition) is 2. The molecule has 0 aliphatic rings. The van der Waals surface area contributed by atoms with Crippen LogP contribution in [0.25, 0.3) is 0 Å². The second kappa shape index (κ2) is 4.66. The third-order valence-corrected chi connectivity index (χ3v) is 2.41. The van der Waals surface area contributed by atoms with Crippen molar-refractivity contribution in [1.82, 2.24) is 5.32 Å². The fourth-order valence-corrected chi connectivity index (χ4v) is 2.00. The van der Waals surface area contributed by atoms with E-state index >= 15 is 0 Å². The fourth-order valence-electron chi connectivity index (χ4n) is 1.08. The van der Waals surface area contributed by atoms with Crippen molar-refractivity contribution >= 4 is 39.1 Å². The van der Waals surface area contributed by atoms with Crippen molar-refractivity contribution < 1.29 is 4.79 Å². The molecule has 14 heavy (non-hydrogen) atoms. The van der Waals surface area contributed by atoms with Crippen molar-refractivity contribution in [3.8, 4) is 0 Å². The zero-order valence-corrected chi connectivity index (χ0v) is 9.95. The van der Waals surface area contributed by atoms with Crippen molar-refractivity contribution in [2.45, 2.75) is 6.92 Å². The lowest BCUT2D eigenvalue weighted by molar-refractivity contribution is 0.0957. The van der Waals surface area contributed by atoms with Gasteiger partial charge in [-0.1, -0.05) is 27.5 Å². The van der Waals surface area contributed by atoms with Crippen LogP contribution < -0.4 is 11.1 Å². The van der Waals surface area contributed by atoms with Crippen LogP contribution in [-0.2, 0) is 0 Å². The first kappa shape index (κ1) is 11.3. The van der Waals surface area contributed by atoms with E-state index in [0.29, 0.717) is 22.8 Å². The highest BCUT2D eigenvalue weighted by atomic mass is 79.9. The molecule has 0 bridgehead atoms. The Labute approximate surface area is 95.7 Å². The SMILES string of the molecule is CCNC(=O)c1c(N)cc(Br)cc1Cl. The first-order valence-corrected chi connectivity index (χ1v) is 5.26. The molecule has 5 heteroatoms. The lowest BCUT2D eigenvalue weighted by atomic mass is 10.1. The molecule has 0 fully saturated rings. The maximum Gasteiger partial charge on any atom is 0.254 e. The number of nitrogens with two attached hydrogens (primary N) is 1. The summed E-state index contributed by atoms with van der Waals surface area (Å²) in [7, 11) is 0. The van der Waals surface area contributed by atoms with Crippen LogP contribution in [-0.4, -0.2) is 12.5 Å². The smallest absolute Gasteiger partial charge is 0.254 e. The molecule has 0 saturated carbocycles. The molecule has 0 spiro atoms. The Balaban J connectivity index is 3.14. The summed E-state index contributed by atoms with van der Waals surface area (Å²) in [5.74, 6) is -0.248. The molecular formula is C9H10BrClN2O. The van der Waals surface area contributed by atoms with Gasteiger partial charge in [-0.25, -0.2) is 0 Å². The van der Waals surface area contributed by atoms with Crippen LogP contribution in [0.3, 0.4) is 0 Å². The third kappa shape index (κ3) is 2.39. The lowest BCUT2D eigenvalue weighted by Crippen LogP contribution is -2.24. The van der Waals surface area contributed by atoms with Gasteiger partial charge in [0.25, 0.3) is 5.91 Å². The first-order valence-electron chi connectivity index (χ1n) is 4.09. The minimum atomic E-state index is -0.248. The Morgan fingerprint density at radius 3 is 2.79 bits per heavy atom. The van der Waals surface area contributed by atoms with Crippen LogP contribution in [0.15, 0.2) is 16.6 Å². The predicted molar refractivity (Wildman–Crippen MR) is 61.6 cm³/mol. The van der Waals surface area contributed by atoms with E-state index in [9.17, 15) is 4.79 Å². The predicted octanol–water partition coefficient (Wildman–Crippen LogP) is 2.43. The average molecular weight is 278 g/mol. The number of rotatable bonds is 2. The number of halogens is 2. The van der Waals surface area contributed by atoms with Gasteiger partial charge in [0.15, 0.2) is 0 Å². The molecule has 1 aromatic carbocycles. The third-order valence-electron chi connectivity index (χ3n) is 1.65. The molecule has 0 aromatic heterocycles. The number of anilines is 1. The maximum absolute atomic E-state index is 11.5. The average Bonchev–Trinajstić information content (AvgIpc) is 2.01. The van der Waals surface area contributed by atoms with Crippen LogP contribution in [0, 0.1) is 0 Å². The number of carbonyl (C=O) groups excluding carboxylic acids is 1. The monoisotopic (exact) mass is 276 g/mol. The van der Waals surface area contributed by atoms with Crippen LogP contribution in [0.2, 0.25) is 5.02 Å². The van der Waals surface area contributed by atoms with Gasteiger partial charge in [0, 0.05) is 16.7 Å². The van der Waals surface area contributed by atoms with E-state index in [4.69, 9.17) is 17.3 Å². The molecule has 0 radical (unpaired) electrons. The number of carbonyl (C=O) groups is 1. The van der Waals surface area contributed by atoms with Crippen molar-refractivity contribution in [1.29, 1.82) is 0 Å². The molecule has 1 aromatic rings. The second-order valence-corrected chi connectivity index (χ2v) is 4.03. The topological polar surface area (TPSA) is 55.1 Å². The second-order valence-electron chi connectivity index (χ2n) is 2.71. The molecule has 0 aliphatic carbocycles. The summed E-state index contributed by atoms with van der Waals surface area (Å²) >= 11 is 9.13. The summed E-state index contributed by atoms with van der Waals surface area (Å²) in [6.07, 6.45) is 0. The Kier molecular flexibility index (Phi) is 3.77. The highest BCUT2D eigenvalue weighted by Crippen LogP contribution is 2.27. The van der Waals surface area contributed by atoms with Crippen molar-refractivity contribution in [3.05, 3.63) is 27.2 Å². The normalized spacial score (nSPS) is 9.93. The van der Waals surface area contributed by atoms with E-state index in [-0.39, 0.29) is 5.91 Å². The van der Waals surface area contributed by atoms with Crippen molar-refractivity contribution in [2.75, 3.05) is 12.3 Å². The maximum atomic E-state index is 11.5. The molecule has 1 amide bonds. The minimum Gasteiger partial charge on any atom is -0.398 e. The van der Waals surface area contributed by atoms with Gasteiger partial charge in [-0.2, -0.15) is 0 Å². The summed E-state index contributed by atoms with van der Waals surface area (Å²) in [6, 6.07) is 3.29. The summed E-state index contributed by atoms with van der Waals surface area (Å²) < 4.78 is 0.757. The summed E-state index contributed by atoms with van der Waals surface area (Å²) in [5, 5.41) is 2.99.